The third-order valence-electron chi connectivity index (χ3n) is 4.40. The number of carbonyl (C=O) groups is 3. The SMILES string of the molecule is CC(=O)Nc1ccc(N2C(=O)C[C@H]([NH2+]CCc3cccc(Cl)c3)C2=O)cc1. The number of imide groups is 1. The molecule has 140 valence electrons. The van der Waals surface area contributed by atoms with Crippen LogP contribution in [0.1, 0.15) is 18.9 Å². The summed E-state index contributed by atoms with van der Waals surface area (Å²) in [6, 6.07) is 13.9. The summed E-state index contributed by atoms with van der Waals surface area (Å²) >= 11 is 5.98. The number of benzene rings is 2. The first kappa shape index (κ1) is 19.1. The summed E-state index contributed by atoms with van der Waals surface area (Å²) in [7, 11) is 0. The second-order valence-electron chi connectivity index (χ2n) is 6.51. The van der Waals surface area contributed by atoms with Gasteiger partial charge >= 0.3 is 0 Å². The van der Waals surface area contributed by atoms with E-state index in [1.807, 2.05) is 29.6 Å². The third kappa shape index (κ3) is 4.72. The van der Waals surface area contributed by atoms with E-state index in [-0.39, 0.29) is 24.1 Å². The number of amides is 3. The molecule has 27 heavy (non-hydrogen) atoms. The topological polar surface area (TPSA) is 83.1 Å². The summed E-state index contributed by atoms with van der Waals surface area (Å²) < 4.78 is 0. The largest absolute Gasteiger partial charge is 0.335 e. The Hall–Kier alpha value is -2.70. The number of nitrogens with zero attached hydrogens (tertiary/aromatic N) is 1. The molecule has 1 aliphatic heterocycles. The van der Waals surface area contributed by atoms with Crippen LogP contribution in [0.25, 0.3) is 0 Å². The monoisotopic (exact) mass is 386 g/mol. The Morgan fingerprint density at radius 1 is 1.22 bits per heavy atom. The van der Waals surface area contributed by atoms with Crippen LogP contribution >= 0.6 is 11.6 Å². The number of halogens is 1. The first-order valence-corrected chi connectivity index (χ1v) is 9.14. The molecule has 0 radical (unpaired) electrons. The highest BCUT2D eigenvalue weighted by Gasteiger charge is 2.42. The Morgan fingerprint density at radius 3 is 2.63 bits per heavy atom. The molecule has 1 heterocycles. The molecule has 3 amide bonds. The normalized spacial score (nSPS) is 16.7. The molecule has 2 aromatic carbocycles. The van der Waals surface area contributed by atoms with E-state index >= 15 is 0 Å². The summed E-state index contributed by atoms with van der Waals surface area (Å²) in [5.74, 6) is -0.597. The van der Waals surface area contributed by atoms with Crippen LogP contribution in [0.4, 0.5) is 11.4 Å². The minimum absolute atomic E-state index is 0.176. The molecule has 1 fully saturated rings. The molecule has 0 bridgehead atoms. The number of quaternary nitrogens is 1. The predicted octanol–water partition coefficient (Wildman–Crippen LogP) is 1.74. The molecule has 1 atom stereocenters. The smallest absolute Gasteiger partial charge is 0.292 e. The van der Waals surface area contributed by atoms with E-state index in [9.17, 15) is 14.4 Å². The van der Waals surface area contributed by atoms with Gasteiger partial charge in [-0.05, 0) is 42.0 Å². The van der Waals surface area contributed by atoms with Gasteiger partial charge in [0.2, 0.25) is 11.8 Å². The summed E-state index contributed by atoms with van der Waals surface area (Å²) in [5, 5.41) is 5.26. The molecule has 2 aromatic rings. The number of nitrogens with two attached hydrogens (primary N) is 1. The number of hydrogen-bond acceptors (Lipinski definition) is 3. The second kappa shape index (κ2) is 8.33. The van der Waals surface area contributed by atoms with Gasteiger partial charge in [0.25, 0.3) is 5.91 Å². The van der Waals surface area contributed by atoms with Crippen molar-refractivity contribution in [3.8, 4) is 0 Å². The fourth-order valence-electron chi connectivity index (χ4n) is 3.15. The minimum atomic E-state index is -0.410. The zero-order valence-electron chi connectivity index (χ0n) is 14.9. The molecule has 0 saturated carbocycles. The quantitative estimate of drug-likeness (QED) is 0.742. The summed E-state index contributed by atoms with van der Waals surface area (Å²) in [4.78, 5) is 37.3. The van der Waals surface area contributed by atoms with Gasteiger partial charge in [0.15, 0.2) is 6.04 Å². The summed E-state index contributed by atoms with van der Waals surface area (Å²) in [6.07, 6.45) is 0.950. The van der Waals surface area contributed by atoms with E-state index in [1.165, 1.54) is 11.8 Å². The maximum Gasteiger partial charge on any atom is 0.292 e. The van der Waals surface area contributed by atoms with E-state index in [0.717, 1.165) is 12.0 Å². The first-order chi connectivity index (χ1) is 12.9. The van der Waals surface area contributed by atoms with Crippen LogP contribution in [0.3, 0.4) is 0 Å². The van der Waals surface area contributed by atoms with Crippen molar-refractivity contribution in [3.05, 3.63) is 59.1 Å². The number of anilines is 2. The van der Waals surface area contributed by atoms with E-state index in [4.69, 9.17) is 11.6 Å². The highest BCUT2D eigenvalue weighted by Crippen LogP contribution is 2.23. The fraction of sp³-hybridized carbons (Fsp3) is 0.250. The molecule has 3 N–H and O–H groups in total. The van der Waals surface area contributed by atoms with Crippen LogP contribution in [-0.4, -0.2) is 30.3 Å². The lowest BCUT2D eigenvalue weighted by molar-refractivity contribution is -0.674. The van der Waals surface area contributed by atoms with Crippen molar-refractivity contribution >= 4 is 40.7 Å². The van der Waals surface area contributed by atoms with Gasteiger partial charge in [-0.15, -0.1) is 0 Å². The Labute approximate surface area is 162 Å². The van der Waals surface area contributed by atoms with Crippen molar-refractivity contribution in [2.24, 2.45) is 0 Å². The summed E-state index contributed by atoms with van der Waals surface area (Å²) in [6.45, 7) is 2.12. The summed E-state index contributed by atoms with van der Waals surface area (Å²) in [5.41, 5.74) is 2.24. The molecular weight excluding hydrogens is 366 g/mol. The number of carbonyl (C=O) groups excluding carboxylic acids is 3. The maximum absolute atomic E-state index is 12.7. The second-order valence-corrected chi connectivity index (χ2v) is 6.95. The average Bonchev–Trinajstić information content (AvgIpc) is 2.89. The van der Waals surface area contributed by atoms with Crippen molar-refractivity contribution in [1.82, 2.24) is 0 Å². The standard InChI is InChI=1S/C20H20ClN3O3/c1-13(25)23-16-5-7-17(8-6-16)24-19(26)12-18(20(24)27)22-10-9-14-3-2-4-15(21)11-14/h2-8,11,18,22H,9-10,12H2,1H3,(H,23,25)/p+1/t18-/m0/s1. The van der Waals surface area contributed by atoms with E-state index < -0.39 is 6.04 Å². The lowest BCUT2D eigenvalue weighted by Gasteiger charge is -2.15. The highest BCUT2D eigenvalue weighted by atomic mass is 35.5. The highest BCUT2D eigenvalue weighted by molar-refractivity contribution is 6.30. The molecule has 1 saturated heterocycles. The molecule has 7 heteroatoms. The van der Waals surface area contributed by atoms with Gasteiger partial charge in [-0.25, -0.2) is 4.90 Å². The van der Waals surface area contributed by atoms with Crippen LogP contribution < -0.4 is 15.5 Å². The van der Waals surface area contributed by atoms with Gasteiger partial charge < -0.3 is 10.6 Å². The minimum Gasteiger partial charge on any atom is -0.335 e. The van der Waals surface area contributed by atoms with Crippen LogP contribution in [0, 0.1) is 0 Å². The number of rotatable bonds is 6. The Bertz CT molecular complexity index is 867. The predicted molar refractivity (Wildman–Crippen MR) is 104 cm³/mol. The zero-order valence-corrected chi connectivity index (χ0v) is 15.7. The van der Waals surface area contributed by atoms with E-state index in [2.05, 4.69) is 5.32 Å². The van der Waals surface area contributed by atoms with Crippen LogP contribution in [0.15, 0.2) is 48.5 Å². The molecule has 6 nitrogen and oxygen atoms in total. The molecule has 0 spiro atoms. The van der Waals surface area contributed by atoms with Gasteiger partial charge in [-0.1, -0.05) is 23.7 Å². The fourth-order valence-corrected chi connectivity index (χ4v) is 3.36. The lowest BCUT2D eigenvalue weighted by Crippen LogP contribution is -2.92. The lowest BCUT2D eigenvalue weighted by atomic mass is 10.1. The van der Waals surface area contributed by atoms with E-state index in [1.54, 1.807) is 24.3 Å². The first-order valence-electron chi connectivity index (χ1n) is 8.76. The Kier molecular flexibility index (Phi) is 5.88. The van der Waals surface area contributed by atoms with Crippen molar-refractivity contribution in [2.75, 3.05) is 16.8 Å². The van der Waals surface area contributed by atoms with Crippen LogP contribution in [-0.2, 0) is 20.8 Å². The van der Waals surface area contributed by atoms with Crippen molar-refractivity contribution in [3.63, 3.8) is 0 Å². The Balaban J connectivity index is 1.60. The van der Waals surface area contributed by atoms with Crippen molar-refractivity contribution < 1.29 is 19.7 Å². The molecule has 0 unspecified atom stereocenters. The van der Waals surface area contributed by atoms with Gasteiger partial charge in [-0.2, -0.15) is 0 Å². The zero-order chi connectivity index (χ0) is 19.4. The van der Waals surface area contributed by atoms with Crippen LogP contribution in [0.2, 0.25) is 5.02 Å². The molecule has 3 rings (SSSR count). The maximum atomic E-state index is 12.7. The van der Waals surface area contributed by atoms with Gasteiger partial charge in [0.05, 0.1) is 18.7 Å². The average molecular weight is 387 g/mol. The van der Waals surface area contributed by atoms with Crippen molar-refractivity contribution in [1.29, 1.82) is 0 Å². The van der Waals surface area contributed by atoms with Crippen LogP contribution in [0.5, 0.6) is 0 Å². The van der Waals surface area contributed by atoms with Gasteiger partial charge in [-0.3, -0.25) is 14.4 Å². The Morgan fingerprint density at radius 2 is 1.96 bits per heavy atom. The molecule has 1 aliphatic rings. The van der Waals surface area contributed by atoms with E-state index in [0.29, 0.717) is 22.9 Å². The van der Waals surface area contributed by atoms with Gasteiger partial charge in [0.1, 0.15) is 0 Å². The van der Waals surface area contributed by atoms with Gasteiger partial charge in [0, 0.05) is 24.1 Å². The number of nitrogens with one attached hydrogen (secondary N) is 1. The molecule has 0 aromatic heterocycles. The number of hydrogen-bond donors (Lipinski definition) is 2. The van der Waals surface area contributed by atoms with Crippen molar-refractivity contribution in [2.45, 2.75) is 25.8 Å². The molecular formula is C20H21ClN3O3+. The third-order valence-corrected chi connectivity index (χ3v) is 4.64. The molecule has 0 aliphatic carbocycles.